The third-order valence-electron chi connectivity index (χ3n) is 3.10. The molecule has 16 heavy (non-hydrogen) atoms. The number of aromatic nitrogens is 1. The fourth-order valence-electron chi connectivity index (χ4n) is 1.95. The molecular weight excluding hydrogens is 200 g/mol. The monoisotopic (exact) mass is 222 g/mol. The Kier molecular flexibility index (Phi) is 3.64. The van der Waals surface area contributed by atoms with Crippen LogP contribution in [0.15, 0.2) is 10.6 Å². The molecule has 2 rings (SSSR count). The topological polar surface area (TPSA) is 29.3 Å². The molecule has 0 atom stereocenters. The Bertz CT molecular complexity index is 328. The fourth-order valence-corrected chi connectivity index (χ4v) is 1.95. The zero-order chi connectivity index (χ0) is 11.5. The van der Waals surface area contributed by atoms with E-state index in [9.17, 15) is 0 Å². The quantitative estimate of drug-likeness (QED) is 0.741. The van der Waals surface area contributed by atoms with Crippen LogP contribution in [0.2, 0.25) is 0 Å². The number of nitrogens with zero attached hydrogens (tertiary/aromatic N) is 2. The van der Waals surface area contributed by atoms with Gasteiger partial charge in [-0.2, -0.15) is 0 Å². The third kappa shape index (κ3) is 3.34. The average Bonchev–Trinajstić information content (AvgIpc) is 2.98. The molecule has 0 amide bonds. The number of aryl methyl sites for hydroxylation is 1. The van der Waals surface area contributed by atoms with Crippen molar-refractivity contribution < 1.29 is 4.52 Å². The maximum Gasteiger partial charge on any atom is 0.133 e. The van der Waals surface area contributed by atoms with Crippen molar-refractivity contribution in [3.05, 3.63) is 17.5 Å². The molecule has 1 fully saturated rings. The van der Waals surface area contributed by atoms with Gasteiger partial charge in [0.1, 0.15) is 5.76 Å². The molecule has 0 aromatic carbocycles. The van der Waals surface area contributed by atoms with E-state index < -0.39 is 0 Å². The van der Waals surface area contributed by atoms with Gasteiger partial charge in [-0.05, 0) is 38.6 Å². The minimum absolute atomic E-state index is 0.778. The summed E-state index contributed by atoms with van der Waals surface area (Å²) in [5.41, 5.74) is 1.08. The SMILES string of the molecule is Cc1cc(CN(CCC(C)C)C2CC2)no1. The molecule has 3 nitrogen and oxygen atoms in total. The van der Waals surface area contributed by atoms with Gasteiger partial charge < -0.3 is 4.52 Å². The predicted octanol–water partition coefficient (Wildman–Crippen LogP) is 2.99. The van der Waals surface area contributed by atoms with Gasteiger partial charge in [-0.25, -0.2) is 0 Å². The van der Waals surface area contributed by atoms with Crippen LogP contribution in [0.3, 0.4) is 0 Å². The highest BCUT2D eigenvalue weighted by Crippen LogP contribution is 2.28. The Morgan fingerprint density at radius 1 is 1.50 bits per heavy atom. The molecule has 0 spiro atoms. The van der Waals surface area contributed by atoms with E-state index in [-0.39, 0.29) is 0 Å². The molecule has 1 heterocycles. The van der Waals surface area contributed by atoms with E-state index in [0.29, 0.717) is 0 Å². The Hall–Kier alpha value is -0.830. The molecule has 0 unspecified atom stereocenters. The van der Waals surface area contributed by atoms with Crippen LogP contribution < -0.4 is 0 Å². The summed E-state index contributed by atoms with van der Waals surface area (Å²) in [6.45, 7) is 8.66. The molecule has 1 aromatic rings. The lowest BCUT2D eigenvalue weighted by Gasteiger charge is -2.21. The maximum atomic E-state index is 5.11. The lowest BCUT2D eigenvalue weighted by Crippen LogP contribution is -2.27. The van der Waals surface area contributed by atoms with Crippen molar-refractivity contribution >= 4 is 0 Å². The average molecular weight is 222 g/mol. The largest absolute Gasteiger partial charge is 0.361 e. The van der Waals surface area contributed by atoms with E-state index in [1.807, 2.05) is 13.0 Å². The highest BCUT2D eigenvalue weighted by molar-refractivity contribution is 5.04. The molecule has 1 aromatic heterocycles. The summed E-state index contributed by atoms with van der Waals surface area (Å²) >= 11 is 0. The van der Waals surface area contributed by atoms with Gasteiger partial charge in [-0.3, -0.25) is 4.90 Å². The lowest BCUT2D eigenvalue weighted by atomic mass is 10.1. The van der Waals surface area contributed by atoms with Crippen molar-refractivity contribution in [2.24, 2.45) is 5.92 Å². The van der Waals surface area contributed by atoms with Crippen molar-refractivity contribution in [3.8, 4) is 0 Å². The van der Waals surface area contributed by atoms with E-state index >= 15 is 0 Å². The van der Waals surface area contributed by atoms with Crippen molar-refractivity contribution in [1.29, 1.82) is 0 Å². The van der Waals surface area contributed by atoms with Crippen LogP contribution in [0.25, 0.3) is 0 Å². The van der Waals surface area contributed by atoms with E-state index in [4.69, 9.17) is 4.52 Å². The van der Waals surface area contributed by atoms with Gasteiger partial charge in [0.15, 0.2) is 0 Å². The van der Waals surface area contributed by atoms with Gasteiger partial charge in [0.2, 0.25) is 0 Å². The molecule has 0 N–H and O–H groups in total. The maximum absolute atomic E-state index is 5.11. The summed E-state index contributed by atoms with van der Waals surface area (Å²) in [5, 5.41) is 4.08. The second-order valence-corrected chi connectivity index (χ2v) is 5.31. The molecule has 0 radical (unpaired) electrons. The molecule has 0 aliphatic heterocycles. The first-order valence-electron chi connectivity index (χ1n) is 6.31. The second kappa shape index (κ2) is 5.00. The molecule has 3 heteroatoms. The van der Waals surface area contributed by atoms with Crippen molar-refractivity contribution in [2.45, 2.75) is 52.6 Å². The first kappa shape index (κ1) is 11.6. The highest BCUT2D eigenvalue weighted by Gasteiger charge is 2.29. The molecule has 1 aliphatic rings. The van der Waals surface area contributed by atoms with Gasteiger partial charge in [-0.1, -0.05) is 19.0 Å². The predicted molar refractivity (Wildman–Crippen MR) is 64.1 cm³/mol. The first-order chi connectivity index (χ1) is 7.65. The number of hydrogen-bond acceptors (Lipinski definition) is 3. The smallest absolute Gasteiger partial charge is 0.133 e. The Balaban J connectivity index is 1.87. The highest BCUT2D eigenvalue weighted by atomic mass is 16.5. The normalized spacial score (nSPS) is 16.3. The summed E-state index contributed by atoms with van der Waals surface area (Å²) < 4.78 is 5.11. The number of hydrogen-bond donors (Lipinski definition) is 0. The van der Waals surface area contributed by atoms with Gasteiger partial charge >= 0.3 is 0 Å². The van der Waals surface area contributed by atoms with Gasteiger partial charge in [-0.15, -0.1) is 0 Å². The van der Waals surface area contributed by atoms with Gasteiger partial charge in [0.25, 0.3) is 0 Å². The zero-order valence-corrected chi connectivity index (χ0v) is 10.6. The molecule has 0 saturated heterocycles. The minimum Gasteiger partial charge on any atom is -0.361 e. The summed E-state index contributed by atoms with van der Waals surface area (Å²) in [7, 11) is 0. The van der Waals surface area contributed by atoms with E-state index in [0.717, 1.165) is 30.0 Å². The Morgan fingerprint density at radius 2 is 2.25 bits per heavy atom. The lowest BCUT2D eigenvalue weighted by molar-refractivity contribution is 0.232. The molecular formula is C13H22N2O. The zero-order valence-electron chi connectivity index (χ0n) is 10.6. The molecule has 1 aliphatic carbocycles. The van der Waals surface area contributed by atoms with Crippen LogP contribution in [-0.4, -0.2) is 22.6 Å². The van der Waals surface area contributed by atoms with Gasteiger partial charge in [0, 0.05) is 18.7 Å². The minimum atomic E-state index is 0.778. The summed E-state index contributed by atoms with van der Waals surface area (Å²) in [5.74, 6) is 1.69. The van der Waals surface area contributed by atoms with Crippen molar-refractivity contribution in [2.75, 3.05) is 6.54 Å². The molecule has 1 saturated carbocycles. The van der Waals surface area contributed by atoms with Crippen LogP contribution >= 0.6 is 0 Å². The van der Waals surface area contributed by atoms with E-state index in [2.05, 4.69) is 23.9 Å². The fraction of sp³-hybridized carbons (Fsp3) is 0.769. The summed E-state index contributed by atoms with van der Waals surface area (Å²) in [6, 6.07) is 2.85. The third-order valence-corrected chi connectivity index (χ3v) is 3.10. The Labute approximate surface area is 97.8 Å². The summed E-state index contributed by atoms with van der Waals surface area (Å²) in [4.78, 5) is 2.55. The van der Waals surface area contributed by atoms with Crippen molar-refractivity contribution in [1.82, 2.24) is 10.1 Å². The van der Waals surface area contributed by atoms with Crippen LogP contribution in [0, 0.1) is 12.8 Å². The van der Waals surface area contributed by atoms with Crippen LogP contribution in [0.4, 0.5) is 0 Å². The number of rotatable bonds is 6. The first-order valence-corrected chi connectivity index (χ1v) is 6.31. The van der Waals surface area contributed by atoms with Gasteiger partial charge in [0.05, 0.1) is 5.69 Å². The van der Waals surface area contributed by atoms with Crippen LogP contribution in [0.1, 0.15) is 44.6 Å². The van der Waals surface area contributed by atoms with E-state index in [1.54, 1.807) is 0 Å². The molecule has 90 valence electrons. The Morgan fingerprint density at radius 3 is 2.75 bits per heavy atom. The van der Waals surface area contributed by atoms with Crippen LogP contribution in [0.5, 0.6) is 0 Å². The standard InChI is InChI=1S/C13H22N2O/c1-10(2)6-7-15(13-4-5-13)9-12-8-11(3)16-14-12/h8,10,13H,4-7,9H2,1-3H3. The van der Waals surface area contributed by atoms with Crippen molar-refractivity contribution in [3.63, 3.8) is 0 Å². The summed E-state index contributed by atoms with van der Waals surface area (Å²) in [6.07, 6.45) is 3.98. The van der Waals surface area contributed by atoms with E-state index in [1.165, 1.54) is 25.8 Å². The van der Waals surface area contributed by atoms with Crippen LogP contribution in [-0.2, 0) is 6.54 Å². The molecule has 0 bridgehead atoms. The second-order valence-electron chi connectivity index (χ2n) is 5.31.